The Bertz CT molecular complexity index is 418. The molecule has 0 aliphatic carbocycles. The third kappa shape index (κ3) is 1.33. The van der Waals surface area contributed by atoms with Crippen molar-refractivity contribution in [2.75, 3.05) is 0 Å². The van der Waals surface area contributed by atoms with E-state index in [4.69, 9.17) is 0 Å². The number of aryl methyl sites for hydroxylation is 2. The molecule has 0 aliphatic heterocycles. The van der Waals surface area contributed by atoms with Gasteiger partial charge in [-0.1, -0.05) is 6.07 Å². The van der Waals surface area contributed by atoms with Crippen molar-refractivity contribution >= 4 is 0 Å². The summed E-state index contributed by atoms with van der Waals surface area (Å²) in [7, 11) is 1.99. The Balaban J connectivity index is 2.59. The lowest BCUT2D eigenvalue weighted by Crippen LogP contribution is -2.37. The van der Waals surface area contributed by atoms with Gasteiger partial charge in [0.25, 0.3) is 0 Å². The molecular formula is C10H12N3+. The molecule has 2 heterocycles. The zero-order valence-electron chi connectivity index (χ0n) is 7.81. The lowest BCUT2D eigenvalue weighted by Gasteiger charge is -2.01. The van der Waals surface area contributed by atoms with Gasteiger partial charge in [0.1, 0.15) is 0 Å². The number of hydrogen-bond acceptors (Lipinski definition) is 1. The normalized spacial score (nSPS) is 10.3. The highest BCUT2D eigenvalue weighted by Crippen LogP contribution is 2.06. The number of rotatable bonds is 1. The van der Waals surface area contributed by atoms with E-state index in [1.165, 1.54) is 5.56 Å². The van der Waals surface area contributed by atoms with Gasteiger partial charge in [-0.05, 0) is 18.6 Å². The van der Waals surface area contributed by atoms with Crippen molar-refractivity contribution in [2.45, 2.75) is 6.92 Å². The third-order valence-corrected chi connectivity index (χ3v) is 2.07. The molecule has 66 valence electrons. The fraction of sp³-hybridized carbons (Fsp3) is 0.200. The van der Waals surface area contributed by atoms with E-state index in [9.17, 15) is 0 Å². The Kier molecular flexibility index (Phi) is 1.85. The van der Waals surface area contributed by atoms with Crippen LogP contribution in [0.25, 0.3) is 5.82 Å². The van der Waals surface area contributed by atoms with Crippen LogP contribution < -0.4 is 4.68 Å². The molecule has 0 unspecified atom stereocenters. The van der Waals surface area contributed by atoms with Crippen LogP contribution in [0.5, 0.6) is 0 Å². The number of aromatic nitrogens is 3. The van der Waals surface area contributed by atoms with Crippen molar-refractivity contribution in [2.24, 2.45) is 7.05 Å². The molecule has 0 bridgehead atoms. The van der Waals surface area contributed by atoms with Crippen LogP contribution in [0.2, 0.25) is 0 Å². The molecule has 3 nitrogen and oxygen atoms in total. The van der Waals surface area contributed by atoms with E-state index < -0.39 is 0 Å². The largest absolute Gasteiger partial charge is 0.234 e. The molecule has 0 radical (unpaired) electrons. The van der Waals surface area contributed by atoms with E-state index in [0.717, 1.165) is 5.82 Å². The highest BCUT2D eigenvalue weighted by atomic mass is 15.4. The minimum absolute atomic E-state index is 0.981. The fourth-order valence-corrected chi connectivity index (χ4v) is 1.36. The predicted octanol–water partition coefficient (Wildman–Crippen LogP) is 1.01. The molecular weight excluding hydrogens is 162 g/mol. The van der Waals surface area contributed by atoms with E-state index in [1.54, 1.807) is 0 Å². The summed E-state index contributed by atoms with van der Waals surface area (Å²) in [5.74, 6) is 0.981. The third-order valence-electron chi connectivity index (χ3n) is 2.07. The second kappa shape index (κ2) is 3.01. The molecule has 2 rings (SSSR count). The van der Waals surface area contributed by atoms with Crippen LogP contribution in [-0.2, 0) is 7.05 Å². The van der Waals surface area contributed by atoms with Gasteiger partial charge in [-0.2, -0.15) is 0 Å². The number of pyridine rings is 1. The zero-order chi connectivity index (χ0) is 9.26. The van der Waals surface area contributed by atoms with Gasteiger partial charge in [0.2, 0.25) is 0 Å². The summed E-state index contributed by atoms with van der Waals surface area (Å²) in [5.41, 5.74) is 1.18. The van der Waals surface area contributed by atoms with Crippen LogP contribution in [0.15, 0.2) is 36.8 Å². The van der Waals surface area contributed by atoms with Gasteiger partial charge in [0, 0.05) is 12.3 Å². The van der Waals surface area contributed by atoms with Crippen LogP contribution in [0.3, 0.4) is 0 Å². The Morgan fingerprint density at radius 2 is 2.23 bits per heavy atom. The molecule has 3 heteroatoms. The van der Waals surface area contributed by atoms with Crippen molar-refractivity contribution in [1.29, 1.82) is 0 Å². The first-order chi connectivity index (χ1) is 6.29. The maximum absolute atomic E-state index is 4.32. The molecule has 0 saturated heterocycles. The molecule has 0 fully saturated rings. The topological polar surface area (TPSA) is 21.7 Å². The Labute approximate surface area is 77.3 Å². The van der Waals surface area contributed by atoms with Gasteiger partial charge in [0.15, 0.2) is 19.1 Å². The van der Waals surface area contributed by atoms with Crippen LogP contribution in [0.4, 0.5) is 0 Å². The summed E-state index contributed by atoms with van der Waals surface area (Å²) in [6.45, 7) is 2.06. The molecule has 13 heavy (non-hydrogen) atoms. The first kappa shape index (κ1) is 7.98. The van der Waals surface area contributed by atoms with Gasteiger partial charge in [-0.3, -0.25) is 0 Å². The van der Waals surface area contributed by atoms with E-state index in [2.05, 4.69) is 18.0 Å². The smallest absolute Gasteiger partial charge is 0.195 e. The monoisotopic (exact) mass is 174 g/mol. The molecule has 0 aromatic carbocycles. The highest BCUT2D eigenvalue weighted by Gasteiger charge is 2.07. The van der Waals surface area contributed by atoms with E-state index >= 15 is 0 Å². The molecule has 0 atom stereocenters. The molecule has 0 spiro atoms. The minimum Gasteiger partial charge on any atom is -0.234 e. The van der Waals surface area contributed by atoms with Crippen molar-refractivity contribution in [1.82, 2.24) is 9.67 Å². The summed E-state index contributed by atoms with van der Waals surface area (Å²) < 4.78 is 4.00. The predicted molar refractivity (Wildman–Crippen MR) is 49.5 cm³/mol. The van der Waals surface area contributed by atoms with Crippen molar-refractivity contribution in [3.8, 4) is 5.82 Å². The second-order valence-electron chi connectivity index (χ2n) is 3.05. The quantitative estimate of drug-likeness (QED) is 0.591. The minimum atomic E-state index is 0.981. The molecule has 2 aromatic heterocycles. The standard InChI is InChI=1S/C10H12N3/c1-9-5-3-6-11-10(9)13-8-4-7-12(13)2/h3-8H,1-2H3/q+1. The van der Waals surface area contributed by atoms with Gasteiger partial charge < -0.3 is 0 Å². The fourth-order valence-electron chi connectivity index (χ4n) is 1.36. The van der Waals surface area contributed by atoms with Gasteiger partial charge in [0.05, 0.1) is 6.20 Å². The summed E-state index contributed by atoms with van der Waals surface area (Å²) in [5, 5.41) is 0. The molecule has 0 amide bonds. The summed E-state index contributed by atoms with van der Waals surface area (Å²) in [6, 6.07) is 6.00. The Morgan fingerprint density at radius 3 is 2.85 bits per heavy atom. The molecule has 0 aliphatic rings. The molecule has 0 saturated carbocycles. The van der Waals surface area contributed by atoms with E-state index in [1.807, 2.05) is 47.1 Å². The summed E-state index contributed by atoms with van der Waals surface area (Å²) in [4.78, 5) is 4.32. The molecule has 2 aromatic rings. The van der Waals surface area contributed by atoms with Crippen LogP contribution in [0.1, 0.15) is 5.56 Å². The molecule has 0 N–H and O–H groups in total. The van der Waals surface area contributed by atoms with Crippen molar-refractivity contribution in [3.05, 3.63) is 42.4 Å². The van der Waals surface area contributed by atoms with Crippen LogP contribution >= 0.6 is 0 Å². The second-order valence-corrected chi connectivity index (χ2v) is 3.05. The lowest BCUT2D eigenvalue weighted by atomic mass is 10.3. The van der Waals surface area contributed by atoms with Crippen molar-refractivity contribution < 1.29 is 4.68 Å². The van der Waals surface area contributed by atoms with Gasteiger partial charge in [-0.25, -0.2) is 4.98 Å². The lowest BCUT2D eigenvalue weighted by molar-refractivity contribution is -0.744. The zero-order valence-corrected chi connectivity index (χ0v) is 7.81. The maximum Gasteiger partial charge on any atom is 0.195 e. The summed E-state index contributed by atoms with van der Waals surface area (Å²) in [6.07, 6.45) is 5.80. The van der Waals surface area contributed by atoms with Gasteiger partial charge in [-0.15, -0.1) is 9.36 Å². The first-order valence-corrected chi connectivity index (χ1v) is 4.24. The first-order valence-electron chi connectivity index (χ1n) is 4.24. The maximum atomic E-state index is 4.32. The van der Waals surface area contributed by atoms with Crippen LogP contribution in [-0.4, -0.2) is 9.67 Å². The van der Waals surface area contributed by atoms with Crippen LogP contribution in [0, 0.1) is 6.92 Å². The Hall–Kier alpha value is -1.64. The SMILES string of the molecule is Cc1cccnc1-n1ccc[n+]1C. The Morgan fingerprint density at radius 1 is 1.38 bits per heavy atom. The summed E-state index contributed by atoms with van der Waals surface area (Å²) >= 11 is 0. The van der Waals surface area contributed by atoms with Gasteiger partial charge >= 0.3 is 0 Å². The van der Waals surface area contributed by atoms with Crippen molar-refractivity contribution in [3.63, 3.8) is 0 Å². The highest BCUT2D eigenvalue weighted by molar-refractivity contribution is 5.29. The number of nitrogens with zero attached hydrogens (tertiary/aromatic N) is 3. The number of hydrogen-bond donors (Lipinski definition) is 0. The van der Waals surface area contributed by atoms with E-state index in [0.29, 0.717) is 0 Å². The van der Waals surface area contributed by atoms with E-state index in [-0.39, 0.29) is 0 Å². The average Bonchev–Trinajstić information content (AvgIpc) is 2.52. The average molecular weight is 174 g/mol.